The second-order valence-electron chi connectivity index (χ2n) is 3.63. The summed E-state index contributed by atoms with van der Waals surface area (Å²) >= 11 is 0. The maximum Gasteiger partial charge on any atom is 0.272 e. The predicted octanol–water partition coefficient (Wildman–Crippen LogP) is 1.04. The lowest BCUT2D eigenvalue weighted by Crippen LogP contribution is -2.27. The van der Waals surface area contributed by atoms with Gasteiger partial charge in [0.25, 0.3) is 11.9 Å². The molecule has 1 N–H and O–H groups in total. The third-order valence-electron chi connectivity index (χ3n) is 2.55. The zero-order chi connectivity index (χ0) is 12.3. The van der Waals surface area contributed by atoms with Gasteiger partial charge in [-0.15, -0.1) is 5.10 Å². The van der Waals surface area contributed by atoms with Crippen LogP contribution in [0.3, 0.4) is 0 Å². The maximum absolute atomic E-state index is 12.0. The molecule has 0 aliphatic carbocycles. The summed E-state index contributed by atoms with van der Waals surface area (Å²) in [4.78, 5) is 13.4. The summed E-state index contributed by atoms with van der Waals surface area (Å²) in [6.45, 7) is 2.07. The minimum Gasteiger partial charge on any atom is -0.277 e. The topological polar surface area (TPSA) is 74.8 Å². The summed E-state index contributed by atoms with van der Waals surface area (Å²) < 4.78 is 0. The van der Waals surface area contributed by atoms with Gasteiger partial charge in [0, 0.05) is 12.6 Å². The fraction of sp³-hybridized carbons (Fsp3) is 0.273. The lowest BCUT2D eigenvalue weighted by atomic mass is 10.1. The molecule has 1 heterocycles. The molecule has 0 fully saturated rings. The Bertz CT molecular complexity index is 491. The van der Waals surface area contributed by atoms with Gasteiger partial charge in [-0.2, -0.15) is 5.21 Å². The Balaban J connectivity index is 2.19. The number of amides is 1. The first-order chi connectivity index (χ1) is 8.22. The Kier molecular flexibility index (Phi) is 3.13. The van der Waals surface area contributed by atoms with E-state index in [2.05, 4.69) is 27.5 Å². The smallest absolute Gasteiger partial charge is 0.272 e. The van der Waals surface area contributed by atoms with Crippen molar-refractivity contribution in [1.82, 2.24) is 20.6 Å². The standard InChI is InChI=1S/C11H13N5O/c1-3-8-4-6-9(7-5-8)10(17)16(2)11-12-14-15-13-11/h4-7H,3H2,1-2H3,(H,12,13,14,15). The van der Waals surface area contributed by atoms with Gasteiger partial charge in [0.05, 0.1) is 0 Å². The van der Waals surface area contributed by atoms with Crippen LogP contribution in [0.15, 0.2) is 24.3 Å². The molecular formula is C11H13N5O. The summed E-state index contributed by atoms with van der Waals surface area (Å²) in [5, 5.41) is 13.2. The molecule has 1 aromatic heterocycles. The largest absolute Gasteiger partial charge is 0.277 e. The van der Waals surface area contributed by atoms with Crippen molar-refractivity contribution in [3.63, 3.8) is 0 Å². The molecule has 17 heavy (non-hydrogen) atoms. The molecule has 88 valence electrons. The number of hydrogen-bond donors (Lipinski definition) is 1. The molecule has 0 aliphatic rings. The average Bonchev–Trinajstić information content (AvgIpc) is 2.91. The van der Waals surface area contributed by atoms with Gasteiger partial charge in [-0.3, -0.25) is 9.69 Å². The first-order valence-corrected chi connectivity index (χ1v) is 5.33. The molecule has 0 saturated heterocycles. The van der Waals surface area contributed by atoms with E-state index in [4.69, 9.17) is 0 Å². The number of benzene rings is 1. The van der Waals surface area contributed by atoms with Crippen LogP contribution in [-0.4, -0.2) is 33.6 Å². The highest BCUT2D eigenvalue weighted by Crippen LogP contribution is 2.10. The second-order valence-corrected chi connectivity index (χ2v) is 3.63. The van der Waals surface area contributed by atoms with Crippen LogP contribution in [0.5, 0.6) is 0 Å². The first kappa shape index (κ1) is 11.3. The Morgan fingerprint density at radius 2 is 2.06 bits per heavy atom. The number of carbonyl (C=O) groups excluding carboxylic acids is 1. The molecule has 0 bridgehead atoms. The van der Waals surface area contributed by atoms with Gasteiger partial charge in [0.15, 0.2) is 0 Å². The molecule has 0 saturated carbocycles. The molecule has 2 aromatic rings. The Morgan fingerprint density at radius 3 is 2.59 bits per heavy atom. The van der Waals surface area contributed by atoms with Gasteiger partial charge in [-0.05, 0) is 29.3 Å². The van der Waals surface area contributed by atoms with Gasteiger partial charge in [-0.1, -0.05) is 24.2 Å². The van der Waals surface area contributed by atoms with Gasteiger partial charge in [0.2, 0.25) is 0 Å². The van der Waals surface area contributed by atoms with Gasteiger partial charge in [-0.25, -0.2) is 0 Å². The molecule has 6 heteroatoms. The van der Waals surface area contributed by atoms with Gasteiger partial charge >= 0.3 is 0 Å². The number of tetrazole rings is 1. The van der Waals surface area contributed by atoms with E-state index in [1.807, 2.05) is 12.1 Å². The molecule has 6 nitrogen and oxygen atoms in total. The first-order valence-electron chi connectivity index (χ1n) is 5.33. The number of rotatable bonds is 3. The minimum absolute atomic E-state index is 0.158. The van der Waals surface area contributed by atoms with E-state index in [0.29, 0.717) is 5.56 Å². The number of nitrogens with zero attached hydrogens (tertiary/aromatic N) is 4. The van der Waals surface area contributed by atoms with Crippen LogP contribution >= 0.6 is 0 Å². The number of aromatic amines is 1. The predicted molar refractivity (Wildman–Crippen MR) is 62.7 cm³/mol. The summed E-state index contributed by atoms with van der Waals surface area (Å²) in [6, 6.07) is 7.49. The van der Waals surface area contributed by atoms with E-state index >= 15 is 0 Å². The number of anilines is 1. The van der Waals surface area contributed by atoms with Crippen LogP contribution in [-0.2, 0) is 6.42 Å². The summed E-state index contributed by atoms with van der Waals surface area (Å²) in [5.74, 6) is 0.101. The molecule has 1 amide bonds. The van der Waals surface area contributed by atoms with E-state index in [1.54, 1.807) is 19.2 Å². The lowest BCUT2D eigenvalue weighted by Gasteiger charge is -2.12. The van der Waals surface area contributed by atoms with Crippen molar-refractivity contribution in [2.45, 2.75) is 13.3 Å². The van der Waals surface area contributed by atoms with Crippen molar-refractivity contribution in [2.75, 3.05) is 11.9 Å². The summed E-state index contributed by atoms with van der Waals surface area (Å²) in [6.07, 6.45) is 0.954. The van der Waals surface area contributed by atoms with Crippen LogP contribution < -0.4 is 4.90 Å². The number of aryl methyl sites for hydroxylation is 1. The van der Waals surface area contributed by atoms with Crippen molar-refractivity contribution in [3.05, 3.63) is 35.4 Å². The highest BCUT2D eigenvalue weighted by atomic mass is 16.2. The zero-order valence-electron chi connectivity index (χ0n) is 9.71. The number of aromatic nitrogens is 4. The summed E-state index contributed by atoms with van der Waals surface area (Å²) in [7, 11) is 1.61. The van der Waals surface area contributed by atoms with Gasteiger partial charge < -0.3 is 0 Å². The fourth-order valence-corrected chi connectivity index (χ4v) is 1.47. The molecule has 0 spiro atoms. The maximum atomic E-state index is 12.0. The van der Waals surface area contributed by atoms with Crippen LogP contribution in [0.4, 0.5) is 5.95 Å². The van der Waals surface area contributed by atoms with Crippen molar-refractivity contribution < 1.29 is 4.79 Å². The van der Waals surface area contributed by atoms with Crippen molar-refractivity contribution in [2.24, 2.45) is 0 Å². The van der Waals surface area contributed by atoms with E-state index in [1.165, 1.54) is 10.5 Å². The Labute approximate surface area is 98.6 Å². The third kappa shape index (κ3) is 2.30. The van der Waals surface area contributed by atoms with Crippen molar-refractivity contribution in [1.29, 1.82) is 0 Å². The number of hydrogen-bond acceptors (Lipinski definition) is 4. The molecule has 0 radical (unpaired) electrons. The Morgan fingerprint density at radius 1 is 1.35 bits per heavy atom. The number of carbonyl (C=O) groups is 1. The molecule has 0 atom stereocenters. The molecule has 0 aliphatic heterocycles. The van der Waals surface area contributed by atoms with E-state index < -0.39 is 0 Å². The van der Waals surface area contributed by atoms with Gasteiger partial charge in [0.1, 0.15) is 0 Å². The third-order valence-corrected chi connectivity index (χ3v) is 2.55. The van der Waals surface area contributed by atoms with Crippen LogP contribution in [0.1, 0.15) is 22.8 Å². The highest BCUT2D eigenvalue weighted by Gasteiger charge is 2.16. The van der Waals surface area contributed by atoms with E-state index in [0.717, 1.165) is 6.42 Å². The van der Waals surface area contributed by atoms with Crippen molar-refractivity contribution in [3.8, 4) is 0 Å². The highest BCUT2D eigenvalue weighted by molar-refractivity contribution is 6.04. The van der Waals surface area contributed by atoms with Crippen LogP contribution in [0.25, 0.3) is 0 Å². The fourth-order valence-electron chi connectivity index (χ4n) is 1.47. The molecule has 1 aromatic carbocycles. The van der Waals surface area contributed by atoms with E-state index in [-0.39, 0.29) is 11.9 Å². The Hall–Kier alpha value is -2.24. The second kappa shape index (κ2) is 4.73. The normalized spacial score (nSPS) is 10.2. The van der Waals surface area contributed by atoms with Crippen LogP contribution in [0.2, 0.25) is 0 Å². The zero-order valence-corrected chi connectivity index (χ0v) is 9.71. The molecule has 2 rings (SSSR count). The monoisotopic (exact) mass is 231 g/mol. The minimum atomic E-state index is -0.158. The van der Waals surface area contributed by atoms with Crippen LogP contribution in [0, 0.1) is 0 Å². The number of nitrogens with one attached hydrogen (secondary N) is 1. The quantitative estimate of drug-likeness (QED) is 0.856. The lowest BCUT2D eigenvalue weighted by molar-refractivity contribution is 0.0991. The average molecular weight is 231 g/mol. The summed E-state index contributed by atoms with van der Waals surface area (Å²) in [5.41, 5.74) is 1.80. The molecule has 0 unspecified atom stereocenters. The molecular weight excluding hydrogens is 218 g/mol. The van der Waals surface area contributed by atoms with E-state index in [9.17, 15) is 4.79 Å². The number of H-pyrrole nitrogens is 1. The van der Waals surface area contributed by atoms with Crippen molar-refractivity contribution >= 4 is 11.9 Å². The SMILES string of the molecule is CCc1ccc(C(=O)N(C)c2nn[nH]n2)cc1.